The maximum Gasteiger partial charge on any atom is 0.410 e. The number of piperidine rings is 1. The van der Waals surface area contributed by atoms with Crippen molar-refractivity contribution in [3.63, 3.8) is 0 Å². The summed E-state index contributed by atoms with van der Waals surface area (Å²) in [6, 6.07) is 6.75. The highest BCUT2D eigenvalue weighted by molar-refractivity contribution is 7.90. The summed E-state index contributed by atoms with van der Waals surface area (Å²) in [5, 5.41) is 0.755. The fourth-order valence-corrected chi connectivity index (χ4v) is 4.62. The van der Waals surface area contributed by atoms with Crippen molar-refractivity contribution < 1.29 is 27.4 Å². The molecule has 1 aromatic carbocycles. The number of hydrogen-bond donors (Lipinski definition) is 0. The second kappa shape index (κ2) is 9.37. The lowest BCUT2D eigenvalue weighted by Gasteiger charge is -2.33. The van der Waals surface area contributed by atoms with Gasteiger partial charge in [0, 0.05) is 43.8 Å². The van der Waals surface area contributed by atoms with Crippen LogP contribution in [-0.4, -0.2) is 72.1 Å². The van der Waals surface area contributed by atoms with Crippen molar-refractivity contribution in [3.05, 3.63) is 36.8 Å². The molecule has 1 saturated heterocycles. The first kappa shape index (κ1) is 24.8. The predicted octanol–water partition coefficient (Wildman–Crippen LogP) is 3.61. The molecule has 0 spiro atoms. The summed E-state index contributed by atoms with van der Waals surface area (Å²) in [6.45, 7) is 6.57. The zero-order chi connectivity index (χ0) is 25.4. The number of carbonyl (C=O) groups is 1. The van der Waals surface area contributed by atoms with Crippen LogP contribution in [-0.2, 0) is 14.6 Å². The van der Waals surface area contributed by atoms with Gasteiger partial charge in [-0.05, 0) is 45.0 Å². The maximum atomic E-state index is 12.3. The monoisotopic (exact) mass is 502 g/mol. The SMILES string of the molecule is COc1c(OC2CCN(C(=O)OC(C)(C)C)CC2)ncnc1-n1ccc2cc(S(C)(=O)=O)ccc21. The van der Waals surface area contributed by atoms with Crippen LogP contribution in [0.4, 0.5) is 4.79 Å². The van der Waals surface area contributed by atoms with Gasteiger partial charge in [0.25, 0.3) is 5.88 Å². The first-order valence-electron chi connectivity index (χ1n) is 11.3. The largest absolute Gasteiger partial charge is 0.489 e. The molecule has 0 unspecified atom stereocenters. The van der Waals surface area contributed by atoms with E-state index < -0.39 is 15.4 Å². The number of sulfone groups is 1. The highest BCUT2D eigenvalue weighted by Gasteiger charge is 2.29. The lowest BCUT2D eigenvalue weighted by Crippen LogP contribution is -2.44. The van der Waals surface area contributed by atoms with Crippen LogP contribution >= 0.6 is 0 Å². The number of nitrogens with zero attached hydrogens (tertiary/aromatic N) is 4. The molecule has 3 aromatic rings. The zero-order valence-electron chi connectivity index (χ0n) is 20.5. The van der Waals surface area contributed by atoms with Crippen LogP contribution in [0.25, 0.3) is 16.7 Å². The van der Waals surface area contributed by atoms with Gasteiger partial charge in [-0.2, -0.15) is 4.98 Å². The van der Waals surface area contributed by atoms with Crippen LogP contribution in [0.2, 0.25) is 0 Å². The summed E-state index contributed by atoms with van der Waals surface area (Å²) in [6.07, 6.45) is 5.16. The minimum absolute atomic E-state index is 0.149. The highest BCUT2D eigenvalue weighted by atomic mass is 32.2. The molecule has 10 nitrogen and oxygen atoms in total. The molecule has 0 atom stereocenters. The van der Waals surface area contributed by atoms with Crippen molar-refractivity contribution in [1.29, 1.82) is 0 Å². The molecule has 1 aliphatic heterocycles. The van der Waals surface area contributed by atoms with Gasteiger partial charge in [0.05, 0.1) is 17.5 Å². The third kappa shape index (κ3) is 5.50. The number of likely N-dealkylation sites (tertiary alicyclic amines) is 1. The Bertz CT molecular complexity index is 1340. The fourth-order valence-electron chi connectivity index (χ4n) is 3.96. The Hall–Kier alpha value is -3.34. The van der Waals surface area contributed by atoms with E-state index in [4.69, 9.17) is 14.2 Å². The number of carbonyl (C=O) groups excluding carboxylic acids is 1. The number of benzene rings is 1. The van der Waals surface area contributed by atoms with Crippen LogP contribution < -0.4 is 9.47 Å². The Morgan fingerprint density at radius 3 is 2.46 bits per heavy atom. The van der Waals surface area contributed by atoms with E-state index in [-0.39, 0.29) is 17.1 Å². The molecule has 1 amide bonds. The predicted molar refractivity (Wildman–Crippen MR) is 130 cm³/mol. The van der Waals surface area contributed by atoms with Crippen LogP contribution in [0.3, 0.4) is 0 Å². The van der Waals surface area contributed by atoms with Crippen molar-refractivity contribution >= 4 is 26.8 Å². The lowest BCUT2D eigenvalue weighted by molar-refractivity contribution is 0.0120. The molecule has 35 heavy (non-hydrogen) atoms. The van der Waals surface area contributed by atoms with Gasteiger partial charge in [-0.1, -0.05) is 0 Å². The van der Waals surface area contributed by atoms with Gasteiger partial charge in [-0.3, -0.25) is 4.57 Å². The van der Waals surface area contributed by atoms with E-state index in [2.05, 4.69) is 9.97 Å². The standard InChI is InChI=1S/C24H30N4O6S/c1-24(2,3)34-23(29)27-11-9-17(10-12-27)33-22-20(32-4)21(25-15-26-22)28-13-8-16-14-18(35(5,30)31)6-7-19(16)28/h6-8,13-15,17H,9-12H2,1-5H3. The lowest BCUT2D eigenvalue weighted by atomic mass is 10.1. The molecule has 0 radical (unpaired) electrons. The van der Waals surface area contributed by atoms with E-state index in [1.54, 1.807) is 33.9 Å². The van der Waals surface area contributed by atoms with Crippen LogP contribution in [0.1, 0.15) is 33.6 Å². The summed E-state index contributed by atoms with van der Waals surface area (Å²) in [5.74, 6) is 1.15. The Morgan fingerprint density at radius 2 is 1.83 bits per heavy atom. The summed E-state index contributed by atoms with van der Waals surface area (Å²) in [7, 11) is -1.79. The smallest absolute Gasteiger partial charge is 0.410 e. The van der Waals surface area contributed by atoms with E-state index in [0.29, 0.717) is 43.4 Å². The van der Waals surface area contributed by atoms with Gasteiger partial charge in [-0.25, -0.2) is 18.2 Å². The summed E-state index contributed by atoms with van der Waals surface area (Å²) < 4.78 is 42.9. The Balaban J connectivity index is 1.54. The number of fused-ring (bicyclic) bond motifs is 1. The van der Waals surface area contributed by atoms with E-state index in [1.165, 1.54) is 19.7 Å². The maximum absolute atomic E-state index is 12.3. The van der Waals surface area contributed by atoms with Crippen LogP contribution in [0.5, 0.6) is 11.6 Å². The van der Waals surface area contributed by atoms with Crippen molar-refractivity contribution in [2.24, 2.45) is 0 Å². The molecular formula is C24H30N4O6S. The number of ether oxygens (including phenoxy) is 3. The van der Waals surface area contributed by atoms with Gasteiger partial charge in [0.2, 0.25) is 5.75 Å². The molecule has 0 saturated carbocycles. The van der Waals surface area contributed by atoms with Gasteiger partial charge in [-0.15, -0.1) is 0 Å². The summed E-state index contributed by atoms with van der Waals surface area (Å²) in [5.41, 5.74) is 0.232. The summed E-state index contributed by atoms with van der Waals surface area (Å²) >= 11 is 0. The second-order valence-electron chi connectivity index (χ2n) is 9.50. The second-order valence-corrected chi connectivity index (χ2v) is 11.5. The van der Waals surface area contributed by atoms with E-state index in [1.807, 2.05) is 26.8 Å². The molecule has 188 valence electrons. The van der Waals surface area contributed by atoms with Crippen LogP contribution in [0.15, 0.2) is 41.7 Å². The molecular weight excluding hydrogens is 472 g/mol. The molecule has 1 fully saturated rings. The average molecular weight is 503 g/mol. The Labute approximate surface area is 204 Å². The third-order valence-electron chi connectivity index (χ3n) is 5.65. The number of aromatic nitrogens is 3. The molecule has 11 heteroatoms. The van der Waals surface area contributed by atoms with E-state index >= 15 is 0 Å². The summed E-state index contributed by atoms with van der Waals surface area (Å²) in [4.78, 5) is 22.9. The van der Waals surface area contributed by atoms with Crippen molar-refractivity contribution in [1.82, 2.24) is 19.4 Å². The van der Waals surface area contributed by atoms with Gasteiger partial charge in [0.1, 0.15) is 18.0 Å². The quantitative estimate of drug-likeness (QED) is 0.520. The molecule has 0 N–H and O–H groups in total. The van der Waals surface area contributed by atoms with Crippen molar-refractivity contribution in [2.75, 3.05) is 26.5 Å². The van der Waals surface area contributed by atoms with Crippen molar-refractivity contribution in [3.8, 4) is 17.4 Å². The topological polar surface area (TPSA) is 113 Å². The molecule has 0 bridgehead atoms. The van der Waals surface area contributed by atoms with Crippen LogP contribution in [0, 0.1) is 0 Å². The molecule has 2 aromatic heterocycles. The van der Waals surface area contributed by atoms with Gasteiger partial charge >= 0.3 is 6.09 Å². The Kier molecular flexibility index (Phi) is 6.63. The number of amides is 1. The number of hydrogen-bond acceptors (Lipinski definition) is 8. The average Bonchev–Trinajstić information content (AvgIpc) is 3.21. The third-order valence-corrected chi connectivity index (χ3v) is 6.76. The van der Waals surface area contributed by atoms with E-state index in [9.17, 15) is 13.2 Å². The minimum atomic E-state index is -3.32. The van der Waals surface area contributed by atoms with E-state index in [0.717, 1.165) is 10.9 Å². The first-order chi connectivity index (χ1) is 16.5. The number of methoxy groups -OCH3 is 1. The van der Waals surface area contributed by atoms with Gasteiger partial charge < -0.3 is 19.1 Å². The fraction of sp³-hybridized carbons (Fsp3) is 0.458. The normalized spacial score (nSPS) is 15.3. The minimum Gasteiger partial charge on any atom is -0.489 e. The van der Waals surface area contributed by atoms with Gasteiger partial charge in [0.15, 0.2) is 15.7 Å². The highest BCUT2D eigenvalue weighted by Crippen LogP contribution is 2.34. The zero-order valence-corrected chi connectivity index (χ0v) is 21.3. The number of rotatable bonds is 5. The molecule has 0 aliphatic carbocycles. The molecule has 1 aliphatic rings. The molecule has 3 heterocycles. The first-order valence-corrected chi connectivity index (χ1v) is 13.2. The Morgan fingerprint density at radius 1 is 1.11 bits per heavy atom. The molecule has 4 rings (SSSR count). The van der Waals surface area contributed by atoms with Crippen molar-refractivity contribution in [2.45, 2.75) is 50.2 Å².